The molecule has 0 bridgehead atoms. The molecule has 0 aliphatic heterocycles. The van der Waals surface area contributed by atoms with Gasteiger partial charge in [-0.1, -0.05) is 62.2 Å². The number of benzene rings is 2. The third-order valence-electron chi connectivity index (χ3n) is 4.22. The van der Waals surface area contributed by atoms with Gasteiger partial charge in [-0.25, -0.2) is 0 Å². The van der Waals surface area contributed by atoms with Crippen LogP contribution in [0.5, 0.6) is 5.75 Å². The lowest BCUT2D eigenvalue weighted by Crippen LogP contribution is -2.37. The molecule has 0 heterocycles. The number of rotatable bonds is 8. The van der Waals surface area contributed by atoms with Crippen molar-refractivity contribution in [2.24, 2.45) is 0 Å². The topological polar surface area (TPSA) is 38.3 Å². The zero-order valence-electron chi connectivity index (χ0n) is 16.7. The standard InChI is InChI=1S/C22H27Cl2NO2S/c1-15(27-19-9-6-17(7-10-19)22(2,3)4)21(26)25-11-12-28-14-16-5-8-18(23)13-20(16)24/h5-10,13,15H,11-12,14H2,1-4H3,(H,25,26). The summed E-state index contributed by atoms with van der Waals surface area (Å²) in [5.74, 6) is 2.14. The molecular weight excluding hydrogens is 413 g/mol. The van der Waals surface area contributed by atoms with Crippen molar-refractivity contribution in [3.8, 4) is 5.75 Å². The van der Waals surface area contributed by atoms with Crippen LogP contribution in [0, 0.1) is 0 Å². The molecule has 0 aromatic heterocycles. The smallest absolute Gasteiger partial charge is 0.260 e. The highest BCUT2D eigenvalue weighted by Crippen LogP contribution is 2.25. The average molecular weight is 440 g/mol. The van der Waals surface area contributed by atoms with Crippen LogP contribution < -0.4 is 10.1 Å². The molecular formula is C22H27Cl2NO2S. The number of carbonyl (C=O) groups is 1. The minimum absolute atomic E-state index is 0.0927. The van der Waals surface area contributed by atoms with Crippen LogP contribution in [0.3, 0.4) is 0 Å². The molecule has 0 radical (unpaired) electrons. The number of hydrogen-bond acceptors (Lipinski definition) is 3. The van der Waals surface area contributed by atoms with Gasteiger partial charge in [-0.2, -0.15) is 11.8 Å². The van der Waals surface area contributed by atoms with Crippen molar-refractivity contribution in [3.63, 3.8) is 0 Å². The molecule has 0 saturated carbocycles. The number of thioether (sulfide) groups is 1. The largest absolute Gasteiger partial charge is 0.481 e. The van der Waals surface area contributed by atoms with Gasteiger partial charge >= 0.3 is 0 Å². The normalized spacial score (nSPS) is 12.5. The van der Waals surface area contributed by atoms with Gasteiger partial charge in [-0.3, -0.25) is 4.79 Å². The quantitative estimate of drug-likeness (QED) is 0.504. The van der Waals surface area contributed by atoms with Gasteiger partial charge in [0.1, 0.15) is 5.75 Å². The maximum absolute atomic E-state index is 12.2. The number of nitrogens with one attached hydrogen (secondary N) is 1. The molecule has 0 fully saturated rings. The second-order valence-electron chi connectivity index (χ2n) is 7.61. The van der Waals surface area contributed by atoms with E-state index in [1.54, 1.807) is 24.8 Å². The van der Waals surface area contributed by atoms with Crippen molar-refractivity contribution >= 4 is 40.9 Å². The molecule has 1 unspecified atom stereocenters. The summed E-state index contributed by atoms with van der Waals surface area (Å²) in [6.07, 6.45) is -0.545. The van der Waals surface area contributed by atoms with Gasteiger partial charge in [0.2, 0.25) is 0 Å². The third-order valence-corrected chi connectivity index (χ3v) is 5.82. The van der Waals surface area contributed by atoms with Crippen molar-refractivity contribution in [2.45, 2.75) is 45.0 Å². The van der Waals surface area contributed by atoms with E-state index in [-0.39, 0.29) is 11.3 Å². The van der Waals surface area contributed by atoms with Crippen molar-refractivity contribution < 1.29 is 9.53 Å². The van der Waals surface area contributed by atoms with Gasteiger partial charge in [0.05, 0.1) is 0 Å². The molecule has 1 amide bonds. The molecule has 2 aromatic carbocycles. The van der Waals surface area contributed by atoms with Gasteiger partial charge in [-0.15, -0.1) is 0 Å². The van der Waals surface area contributed by atoms with E-state index in [4.69, 9.17) is 27.9 Å². The van der Waals surface area contributed by atoms with Crippen LogP contribution in [0.4, 0.5) is 0 Å². The molecule has 28 heavy (non-hydrogen) atoms. The van der Waals surface area contributed by atoms with Crippen molar-refractivity contribution in [3.05, 3.63) is 63.6 Å². The molecule has 0 aliphatic carbocycles. The Morgan fingerprint density at radius 1 is 1.14 bits per heavy atom. The maximum Gasteiger partial charge on any atom is 0.260 e. The number of ether oxygens (including phenoxy) is 1. The lowest BCUT2D eigenvalue weighted by molar-refractivity contribution is -0.127. The fourth-order valence-electron chi connectivity index (χ4n) is 2.50. The molecule has 2 rings (SSSR count). The van der Waals surface area contributed by atoms with Gasteiger partial charge in [0.25, 0.3) is 5.91 Å². The minimum atomic E-state index is -0.545. The number of amides is 1. The Hall–Kier alpha value is -1.36. The molecule has 0 spiro atoms. The molecule has 3 nitrogen and oxygen atoms in total. The highest BCUT2D eigenvalue weighted by atomic mass is 35.5. The fourth-order valence-corrected chi connectivity index (χ4v) is 3.92. The first kappa shape index (κ1) is 22.9. The summed E-state index contributed by atoms with van der Waals surface area (Å²) in [6.45, 7) is 8.83. The van der Waals surface area contributed by atoms with Crippen LogP contribution in [0.2, 0.25) is 10.0 Å². The van der Waals surface area contributed by atoms with E-state index in [1.165, 1.54) is 5.56 Å². The number of hydrogen-bond donors (Lipinski definition) is 1. The van der Waals surface area contributed by atoms with Gasteiger partial charge in [0.15, 0.2) is 6.10 Å². The number of halogens is 2. The molecule has 2 aromatic rings. The highest BCUT2D eigenvalue weighted by Gasteiger charge is 2.16. The lowest BCUT2D eigenvalue weighted by atomic mass is 9.87. The Morgan fingerprint density at radius 3 is 2.43 bits per heavy atom. The van der Waals surface area contributed by atoms with Crippen molar-refractivity contribution in [1.29, 1.82) is 0 Å². The zero-order chi connectivity index (χ0) is 20.7. The van der Waals surface area contributed by atoms with E-state index in [9.17, 15) is 4.79 Å². The van der Waals surface area contributed by atoms with Crippen molar-refractivity contribution in [2.75, 3.05) is 12.3 Å². The van der Waals surface area contributed by atoms with E-state index in [2.05, 4.69) is 26.1 Å². The summed E-state index contributed by atoms with van der Waals surface area (Å²) in [5.41, 5.74) is 2.36. The maximum atomic E-state index is 12.2. The predicted octanol–water partition coefficient (Wildman–Crippen LogP) is 6.11. The Balaban J connectivity index is 1.71. The highest BCUT2D eigenvalue weighted by molar-refractivity contribution is 7.98. The summed E-state index contributed by atoms with van der Waals surface area (Å²) in [5, 5.41) is 4.21. The molecule has 6 heteroatoms. The Labute approximate surface area is 182 Å². The van der Waals surface area contributed by atoms with E-state index < -0.39 is 6.10 Å². The fraction of sp³-hybridized carbons (Fsp3) is 0.409. The van der Waals surface area contributed by atoms with E-state index in [1.807, 2.05) is 36.4 Å². The molecule has 0 aliphatic rings. The SMILES string of the molecule is CC(Oc1ccc(C(C)(C)C)cc1)C(=O)NCCSCc1ccc(Cl)cc1Cl. The third kappa shape index (κ3) is 7.23. The lowest BCUT2D eigenvalue weighted by Gasteiger charge is -2.20. The number of carbonyl (C=O) groups excluding carboxylic acids is 1. The molecule has 152 valence electrons. The molecule has 1 N–H and O–H groups in total. The van der Waals surface area contributed by atoms with E-state index in [0.717, 1.165) is 17.1 Å². The molecule has 0 saturated heterocycles. The first-order chi connectivity index (χ1) is 13.2. The van der Waals surface area contributed by atoms with Gasteiger partial charge in [0, 0.05) is 28.1 Å². The molecule has 1 atom stereocenters. The van der Waals surface area contributed by atoms with Crippen LogP contribution in [0.1, 0.15) is 38.8 Å². The van der Waals surface area contributed by atoms with Crippen molar-refractivity contribution in [1.82, 2.24) is 5.32 Å². The minimum Gasteiger partial charge on any atom is -0.481 e. The Bertz CT molecular complexity index is 788. The van der Waals surface area contributed by atoms with Crippen LogP contribution >= 0.6 is 35.0 Å². The second kappa shape index (κ2) is 10.4. The summed E-state index contributed by atoms with van der Waals surface area (Å²) in [4.78, 5) is 12.2. The monoisotopic (exact) mass is 439 g/mol. The van der Waals surface area contributed by atoms with Crippen LogP contribution in [-0.2, 0) is 16.0 Å². The van der Waals surface area contributed by atoms with Crippen LogP contribution in [-0.4, -0.2) is 24.3 Å². The summed E-state index contributed by atoms with van der Waals surface area (Å²) in [6, 6.07) is 13.4. The van der Waals surface area contributed by atoms with Crippen LogP contribution in [0.25, 0.3) is 0 Å². The Morgan fingerprint density at radius 2 is 1.82 bits per heavy atom. The summed E-state index contributed by atoms with van der Waals surface area (Å²) >= 11 is 13.8. The predicted molar refractivity (Wildman–Crippen MR) is 121 cm³/mol. The summed E-state index contributed by atoms with van der Waals surface area (Å²) in [7, 11) is 0. The summed E-state index contributed by atoms with van der Waals surface area (Å²) < 4.78 is 5.75. The van der Waals surface area contributed by atoms with Crippen LogP contribution in [0.15, 0.2) is 42.5 Å². The van der Waals surface area contributed by atoms with E-state index in [0.29, 0.717) is 22.3 Å². The average Bonchev–Trinajstić information content (AvgIpc) is 2.62. The first-order valence-electron chi connectivity index (χ1n) is 9.23. The Kier molecular flexibility index (Phi) is 8.54. The first-order valence-corrected chi connectivity index (χ1v) is 11.1. The van der Waals surface area contributed by atoms with Gasteiger partial charge in [-0.05, 0) is 47.7 Å². The zero-order valence-corrected chi connectivity index (χ0v) is 19.0. The van der Waals surface area contributed by atoms with Gasteiger partial charge < -0.3 is 10.1 Å². The second-order valence-corrected chi connectivity index (χ2v) is 9.56. The van der Waals surface area contributed by atoms with E-state index >= 15 is 0 Å².